The van der Waals surface area contributed by atoms with Gasteiger partial charge in [0.15, 0.2) is 0 Å². The maximum Gasteiger partial charge on any atom is 0.305 e. The quantitative estimate of drug-likeness (QED) is 0.158. The van der Waals surface area contributed by atoms with Crippen LogP contribution in [-0.4, -0.2) is 55.5 Å². The number of rotatable bonds is 14. The number of esters is 1. The molecule has 0 aliphatic carbocycles. The summed E-state index contributed by atoms with van der Waals surface area (Å²) in [5, 5.41) is 0. The van der Waals surface area contributed by atoms with E-state index in [1.165, 1.54) is 6.92 Å². The summed E-state index contributed by atoms with van der Waals surface area (Å²) in [6.07, 6.45) is -4.63. The summed E-state index contributed by atoms with van der Waals surface area (Å²) in [7, 11) is 0. The minimum absolute atomic E-state index is 0.242. The molecule has 0 saturated carbocycles. The van der Waals surface area contributed by atoms with Crippen molar-refractivity contribution in [1.29, 1.82) is 0 Å². The van der Waals surface area contributed by atoms with Gasteiger partial charge < -0.3 is 33.2 Å². The third kappa shape index (κ3) is 8.47. The summed E-state index contributed by atoms with van der Waals surface area (Å²) >= 11 is 0. The fraction of sp³-hybridized carbons (Fsp3) is 0.342. The van der Waals surface area contributed by atoms with Crippen molar-refractivity contribution in [2.45, 2.75) is 76.3 Å². The monoisotopic (exact) mass is 624 g/mol. The third-order valence-electron chi connectivity index (χ3n) is 8.08. The zero-order valence-corrected chi connectivity index (χ0v) is 25.9. The van der Waals surface area contributed by atoms with Gasteiger partial charge in [-0.15, -0.1) is 0 Å². The molecular formula is C38H40O8. The van der Waals surface area contributed by atoms with Crippen LogP contribution in [0.2, 0.25) is 0 Å². The summed E-state index contributed by atoms with van der Waals surface area (Å²) in [6, 6.07) is 39.7. The zero-order valence-electron chi connectivity index (χ0n) is 25.9. The van der Waals surface area contributed by atoms with Crippen molar-refractivity contribution in [3.63, 3.8) is 0 Å². The standard InChI is InChI=1S/C38H40O8/c1-27(39)44-38-37(43-25-31-20-12-5-13-21-31)36-35(46-38)34(42-24-30-18-10-4-11-19-30)33(41-23-29-16-8-3-9-17-29)32(45-36)26-40-22-28-14-6-2-7-15-28/h2-21,32-38H,22-26H2,1H3/t32-,33+,34+,35-,36-,37-,38-/m1/s1. The Morgan fingerprint density at radius 1 is 0.543 bits per heavy atom. The van der Waals surface area contributed by atoms with Gasteiger partial charge in [0.05, 0.1) is 33.0 Å². The first-order valence-electron chi connectivity index (χ1n) is 15.7. The number of hydrogen-bond donors (Lipinski definition) is 0. The molecule has 2 saturated heterocycles. The molecule has 240 valence electrons. The highest BCUT2D eigenvalue weighted by Gasteiger charge is 2.59. The second-order valence-electron chi connectivity index (χ2n) is 11.5. The summed E-state index contributed by atoms with van der Waals surface area (Å²) in [4.78, 5) is 12.2. The summed E-state index contributed by atoms with van der Waals surface area (Å²) in [5.41, 5.74) is 4.06. The highest BCUT2D eigenvalue weighted by atomic mass is 16.8. The topological polar surface area (TPSA) is 81.7 Å². The lowest BCUT2D eigenvalue weighted by molar-refractivity contribution is -0.261. The molecule has 0 amide bonds. The third-order valence-corrected chi connectivity index (χ3v) is 8.08. The van der Waals surface area contributed by atoms with Crippen LogP contribution in [0.4, 0.5) is 0 Å². The average Bonchev–Trinajstić information content (AvgIpc) is 3.43. The molecule has 0 spiro atoms. The van der Waals surface area contributed by atoms with Crippen LogP contribution in [0.3, 0.4) is 0 Å². The maximum absolute atomic E-state index is 12.2. The van der Waals surface area contributed by atoms with Gasteiger partial charge in [0.25, 0.3) is 0 Å². The first-order valence-corrected chi connectivity index (χ1v) is 15.7. The van der Waals surface area contributed by atoms with Gasteiger partial charge in [0.1, 0.15) is 36.6 Å². The molecule has 8 heteroatoms. The normalized spacial score (nSPS) is 25.5. The SMILES string of the molecule is CC(=O)O[C@@H]1O[C@@H]2[C@@H](OCc3ccccc3)[C@@H](OCc3ccccc3)[C@@H](COCc3ccccc3)O[C@H]2[C@H]1OCc1ccccc1. The molecule has 4 aromatic carbocycles. The number of fused-ring (bicyclic) bond motifs is 1. The average molecular weight is 625 g/mol. The molecule has 6 rings (SSSR count). The minimum Gasteiger partial charge on any atom is -0.433 e. The van der Waals surface area contributed by atoms with Crippen molar-refractivity contribution < 1.29 is 38.0 Å². The van der Waals surface area contributed by atoms with E-state index in [0.29, 0.717) is 19.8 Å². The van der Waals surface area contributed by atoms with Crippen LogP contribution in [0.25, 0.3) is 0 Å². The van der Waals surface area contributed by atoms with Gasteiger partial charge in [-0.05, 0) is 22.3 Å². The Labute approximate surface area is 270 Å². The number of carbonyl (C=O) groups is 1. The molecule has 7 atom stereocenters. The van der Waals surface area contributed by atoms with E-state index < -0.39 is 48.9 Å². The van der Waals surface area contributed by atoms with Crippen LogP contribution in [0.15, 0.2) is 121 Å². The maximum atomic E-state index is 12.2. The van der Waals surface area contributed by atoms with E-state index in [9.17, 15) is 4.79 Å². The van der Waals surface area contributed by atoms with Crippen LogP contribution in [0.5, 0.6) is 0 Å². The molecule has 46 heavy (non-hydrogen) atoms. The highest BCUT2D eigenvalue weighted by molar-refractivity contribution is 5.66. The highest BCUT2D eigenvalue weighted by Crippen LogP contribution is 2.39. The van der Waals surface area contributed by atoms with Crippen molar-refractivity contribution in [2.75, 3.05) is 6.61 Å². The largest absolute Gasteiger partial charge is 0.433 e. The predicted molar refractivity (Wildman–Crippen MR) is 170 cm³/mol. The smallest absolute Gasteiger partial charge is 0.305 e. The fourth-order valence-electron chi connectivity index (χ4n) is 5.87. The molecule has 2 aliphatic rings. The Hall–Kier alpha value is -3.89. The molecule has 2 heterocycles. The van der Waals surface area contributed by atoms with Gasteiger partial charge in [-0.25, -0.2) is 0 Å². The van der Waals surface area contributed by atoms with E-state index in [1.807, 2.05) is 121 Å². The van der Waals surface area contributed by atoms with Gasteiger partial charge in [-0.2, -0.15) is 0 Å². The lowest BCUT2D eigenvalue weighted by Gasteiger charge is -2.44. The molecule has 0 unspecified atom stereocenters. The van der Waals surface area contributed by atoms with Crippen LogP contribution in [-0.2, 0) is 64.4 Å². The Morgan fingerprint density at radius 3 is 1.43 bits per heavy atom. The van der Waals surface area contributed by atoms with E-state index in [4.69, 9.17) is 33.2 Å². The number of hydrogen-bond acceptors (Lipinski definition) is 8. The number of ether oxygens (including phenoxy) is 7. The van der Waals surface area contributed by atoms with Crippen LogP contribution < -0.4 is 0 Å². The van der Waals surface area contributed by atoms with E-state index in [0.717, 1.165) is 22.3 Å². The summed E-state index contributed by atoms with van der Waals surface area (Å²) < 4.78 is 44.8. The first-order chi connectivity index (χ1) is 22.6. The number of benzene rings is 4. The van der Waals surface area contributed by atoms with Gasteiger partial charge in [-0.3, -0.25) is 4.79 Å². The van der Waals surface area contributed by atoms with Gasteiger partial charge in [-0.1, -0.05) is 121 Å². The van der Waals surface area contributed by atoms with E-state index in [2.05, 4.69) is 0 Å². The minimum atomic E-state index is -0.988. The lowest BCUT2D eigenvalue weighted by Crippen LogP contribution is -2.61. The molecule has 2 aliphatic heterocycles. The molecular weight excluding hydrogens is 584 g/mol. The Bertz CT molecular complexity index is 1470. The summed E-state index contributed by atoms with van der Waals surface area (Å²) in [6.45, 7) is 2.97. The predicted octanol–water partition coefficient (Wildman–Crippen LogP) is 6.01. The van der Waals surface area contributed by atoms with Crippen LogP contribution in [0, 0.1) is 0 Å². The van der Waals surface area contributed by atoms with Crippen molar-refractivity contribution in [1.82, 2.24) is 0 Å². The second kappa shape index (κ2) is 16.1. The van der Waals surface area contributed by atoms with E-state index >= 15 is 0 Å². The molecule has 0 bridgehead atoms. The number of carbonyl (C=O) groups excluding carboxylic acids is 1. The molecule has 2 fully saturated rings. The van der Waals surface area contributed by atoms with Gasteiger partial charge in [0.2, 0.25) is 6.29 Å². The van der Waals surface area contributed by atoms with E-state index in [-0.39, 0.29) is 13.2 Å². The first kappa shape index (κ1) is 32.1. The molecule has 0 N–H and O–H groups in total. The summed E-state index contributed by atoms with van der Waals surface area (Å²) in [5.74, 6) is -0.474. The van der Waals surface area contributed by atoms with Gasteiger partial charge >= 0.3 is 5.97 Å². The van der Waals surface area contributed by atoms with Crippen molar-refractivity contribution in [2.24, 2.45) is 0 Å². The van der Waals surface area contributed by atoms with Crippen molar-refractivity contribution in [3.8, 4) is 0 Å². The van der Waals surface area contributed by atoms with Gasteiger partial charge in [0, 0.05) is 6.92 Å². The van der Waals surface area contributed by atoms with E-state index in [1.54, 1.807) is 0 Å². The Kier molecular flexibility index (Phi) is 11.2. The second-order valence-corrected chi connectivity index (χ2v) is 11.5. The molecule has 8 nitrogen and oxygen atoms in total. The van der Waals surface area contributed by atoms with Crippen LogP contribution >= 0.6 is 0 Å². The lowest BCUT2D eigenvalue weighted by atomic mass is 9.93. The fourth-order valence-corrected chi connectivity index (χ4v) is 5.87. The Morgan fingerprint density at radius 2 is 0.957 bits per heavy atom. The van der Waals surface area contributed by atoms with Crippen molar-refractivity contribution in [3.05, 3.63) is 144 Å². The van der Waals surface area contributed by atoms with Crippen molar-refractivity contribution >= 4 is 5.97 Å². The molecule has 4 aromatic rings. The molecule has 0 radical (unpaired) electrons. The Balaban J connectivity index is 1.28. The zero-order chi connectivity index (χ0) is 31.6. The molecule has 0 aromatic heterocycles. The van der Waals surface area contributed by atoms with Crippen LogP contribution in [0.1, 0.15) is 29.2 Å².